The molecule has 0 aliphatic carbocycles. The highest BCUT2D eigenvalue weighted by Gasteiger charge is 2.30. The zero-order chi connectivity index (χ0) is 16.0. The Morgan fingerprint density at radius 2 is 2.14 bits per heavy atom. The summed E-state index contributed by atoms with van der Waals surface area (Å²) in [7, 11) is 4.18. The predicted octanol–water partition coefficient (Wildman–Crippen LogP) is 0.864. The summed E-state index contributed by atoms with van der Waals surface area (Å²) >= 11 is 0. The smallest absolute Gasteiger partial charge is 0.407 e. The Hall–Kier alpha value is -0.850. The molecular weight excluding hydrogens is 268 g/mol. The molecule has 0 aromatic carbocycles. The molecule has 21 heavy (non-hydrogen) atoms. The van der Waals surface area contributed by atoms with Gasteiger partial charge in [0.25, 0.3) is 0 Å². The third-order valence-corrected chi connectivity index (χ3v) is 3.62. The first-order valence-electron chi connectivity index (χ1n) is 7.80. The first kappa shape index (κ1) is 18.2. The van der Waals surface area contributed by atoms with E-state index in [9.17, 15) is 4.79 Å². The van der Waals surface area contributed by atoms with E-state index >= 15 is 0 Å². The molecule has 1 aliphatic rings. The van der Waals surface area contributed by atoms with E-state index in [0.29, 0.717) is 19.1 Å². The van der Waals surface area contributed by atoms with Crippen molar-refractivity contribution < 1.29 is 9.53 Å². The number of ether oxygens (including phenoxy) is 1. The summed E-state index contributed by atoms with van der Waals surface area (Å²) in [5.74, 6) is 0. The van der Waals surface area contributed by atoms with Crippen molar-refractivity contribution in [1.82, 2.24) is 15.1 Å². The van der Waals surface area contributed by atoms with Gasteiger partial charge in [-0.25, -0.2) is 4.79 Å². The second kappa shape index (κ2) is 7.96. The maximum absolute atomic E-state index is 11.8. The van der Waals surface area contributed by atoms with Crippen LogP contribution >= 0.6 is 0 Å². The number of nitrogens with zero attached hydrogens (tertiary/aromatic N) is 2. The van der Waals surface area contributed by atoms with Gasteiger partial charge >= 0.3 is 6.09 Å². The van der Waals surface area contributed by atoms with Gasteiger partial charge in [-0.3, -0.25) is 4.90 Å². The van der Waals surface area contributed by atoms with Crippen LogP contribution < -0.4 is 11.1 Å². The van der Waals surface area contributed by atoms with Crippen LogP contribution in [0.1, 0.15) is 33.6 Å². The van der Waals surface area contributed by atoms with E-state index in [1.54, 1.807) is 0 Å². The van der Waals surface area contributed by atoms with Gasteiger partial charge in [-0.05, 0) is 54.3 Å². The highest BCUT2D eigenvalue weighted by Crippen LogP contribution is 2.20. The number of amides is 1. The molecule has 6 nitrogen and oxygen atoms in total. The van der Waals surface area contributed by atoms with Gasteiger partial charge < -0.3 is 20.7 Å². The van der Waals surface area contributed by atoms with Gasteiger partial charge in [0.05, 0.1) is 0 Å². The average molecular weight is 300 g/mol. The summed E-state index contributed by atoms with van der Waals surface area (Å²) in [4.78, 5) is 16.4. The van der Waals surface area contributed by atoms with Crippen molar-refractivity contribution in [3.05, 3.63) is 0 Å². The Labute approximate surface area is 129 Å². The molecule has 1 heterocycles. The van der Waals surface area contributed by atoms with Crippen molar-refractivity contribution in [2.45, 2.75) is 51.3 Å². The lowest BCUT2D eigenvalue weighted by Crippen LogP contribution is -2.52. The number of likely N-dealkylation sites (tertiary alicyclic amines) is 1. The van der Waals surface area contributed by atoms with Crippen LogP contribution in [0.3, 0.4) is 0 Å². The molecule has 0 aromatic rings. The van der Waals surface area contributed by atoms with E-state index < -0.39 is 5.60 Å². The van der Waals surface area contributed by atoms with Gasteiger partial charge in [0.15, 0.2) is 0 Å². The number of carbonyl (C=O) groups is 1. The molecule has 1 fully saturated rings. The largest absolute Gasteiger partial charge is 0.444 e. The fourth-order valence-electron chi connectivity index (χ4n) is 2.81. The first-order chi connectivity index (χ1) is 9.73. The first-order valence-corrected chi connectivity index (χ1v) is 7.80. The molecule has 0 radical (unpaired) electrons. The van der Waals surface area contributed by atoms with E-state index in [4.69, 9.17) is 10.5 Å². The second-order valence-electron chi connectivity index (χ2n) is 7.07. The highest BCUT2D eigenvalue weighted by molar-refractivity contribution is 5.67. The lowest BCUT2D eigenvalue weighted by Gasteiger charge is -2.34. The van der Waals surface area contributed by atoms with Gasteiger partial charge in [-0.2, -0.15) is 0 Å². The molecule has 6 heteroatoms. The molecule has 1 rings (SSSR count). The minimum atomic E-state index is -0.469. The van der Waals surface area contributed by atoms with Gasteiger partial charge in [-0.1, -0.05) is 0 Å². The summed E-state index contributed by atoms with van der Waals surface area (Å²) in [5.41, 5.74) is 5.44. The van der Waals surface area contributed by atoms with Gasteiger partial charge in [0, 0.05) is 31.7 Å². The number of nitrogens with two attached hydrogens (primary N) is 1. The van der Waals surface area contributed by atoms with E-state index in [1.165, 1.54) is 12.8 Å². The summed E-state index contributed by atoms with van der Waals surface area (Å²) < 4.78 is 5.27. The summed E-state index contributed by atoms with van der Waals surface area (Å²) in [6.45, 7) is 8.75. The van der Waals surface area contributed by atoms with E-state index in [1.807, 2.05) is 20.8 Å². The van der Waals surface area contributed by atoms with E-state index in [0.717, 1.165) is 13.1 Å². The Morgan fingerprint density at radius 1 is 1.48 bits per heavy atom. The van der Waals surface area contributed by atoms with Crippen LogP contribution in [0.4, 0.5) is 4.79 Å². The van der Waals surface area contributed by atoms with Crippen LogP contribution in [0.5, 0.6) is 0 Å². The molecule has 3 N–H and O–H groups in total. The highest BCUT2D eigenvalue weighted by atomic mass is 16.6. The average Bonchev–Trinajstić information content (AvgIpc) is 2.75. The third kappa shape index (κ3) is 6.63. The van der Waals surface area contributed by atoms with Crippen molar-refractivity contribution in [1.29, 1.82) is 0 Å². The zero-order valence-electron chi connectivity index (χ0n) is 14.2. The van der Waals surface area contributed by atoms with E-state index in [2.05, 4.69) is 29.2 Å². The molecule has 1 aliphatic heterocycles. The molecule has 1 saturated heterocycles. The van der Waals surface area contributed by atoms with Crippen LogP contribution in [-0.2, 0) is 4.74 Å². The van der Waals surface area contributed by atoms with Gasteiger partial charge in [0.1, 0.15) is 5.60 Å². The summed E-state index contributed by atoms with van der Waals surface area (Å²) in [6.07, 6.45) is 2.02. The van der Waals surface area contributed by atoms with Gasteiger partial charge in [0.2, 0.25) is 0 Å². The lowest BCUT2D eigenvalue weighted by atomic mass is 10.1. The summed E-state index contributed by atoms with van der Waals surface area (Å²) in [5, 5.41) is 2.84. The van der Waals surface area contributed by atoms with Crippen LogP contribution in [0.15, 0.2) is 0 Å². The number of hydrogen-bond donors (Lipinski definition) is 2. The molecule has 0 saturated carbocycles. The van der Waals surface area contributed by atoms with Crippen LogP contribution in [0.25, 0.3) is 0 Å². The minimum Gasteiger partial charge on any atom is -0.444 e. The fourth-order valence-corrected chi connectivity index (χ4v) is 2.81. The molecule has 0 spiro atoms. The number of alkyl carbamates (subject to hydrolysis) is 1. The SMILES string of the molecule is CN(C)CC1CCCN1C(CN)CNC(=O)OC(C)(C)C. The van der Waals surface area contributed by atoms with Crippen LogP contribution in [-0.4, -0.2) is 73.9 Å². The lowest BCUT2D eigenvalue weighted by molar-refractivity contribution is 0.0502. The molecular formula is C15H32N4O2. The number of hydrogen-bond acceptors (Lipinski definition) is 5. The molecule has 2 atom stereocenters. The second-order valence-corrected chi connectivity index (χ2v) is 7.07. The standard InChI is InChI=1S/C15H32N4O2/c1-15(2,3)21-14(20)17-10-13(9-16)19-8-6-7-12(19)11-18(4)5/h12-13H,6-11,16H2,1-5H3,(H,17,20). The number of nitrogens with one attached hydrogen (secondary N) is 1. The Bertz CT molecular complexity index is 328. The Kier molecular flexibility index (Phi) is 6.90. The van der Waals surface area contributed by atoms with Crippen molar-refractivity contribution in [3.8, 4) is 0 Å². The fraction of sp³-hybridized carbons (Fsp3) is 0.933. The maximum atomic E-state index is 11.8. The maximum Gasteiger partial charge on any atom is 0.407 e. The normalized spacial score (nSPS) is 21.6. The minimum absolute atomic E-state index is 0.171. The van der Waals surface area contributed by atoms with Crippen molar-refractivity contribution in [3.63, 3.8) is 0 Å². The number of likely N-dealkylation sites (N-methyl/N-ethyl adjacent to an activating group) is 1. The van der Waals surface area contributed by atoms with Crippen molar-refractivity contribution in [2.75, 3.05) is 40.3 Å². The predicted molar refractivity (Wildman–Crippen MR) is 85.4 cm³/mol. The quantitative estimate of drug-likeness (QED) is 0.761. The van der Waals surface area contributed by atoms with Gasteiger partial charge in [-0.15, -0.1) is 0 Å². The Balaban J connectivity index is 2.48. The van der Waals surface area contributed by atoms with Crippen LogP contribution in [0.2, 0.25) is 0 Å². The third-order valence-electron chi connectivity index (χ3n) is 3.62. The van der Waals surface area contributed by atoms with Crippen molar-refractivity contribution in [2.24, 2.45) is 5.73 Å². The molecule has 124 valence electrons. The van der Waals surface area contributed by atoms with Crippen LogP contribution in [0, 0.1) is 0 Å². The Morgan fingerprint density at radius 3 is 2.67 bits per heavy atom. The zero-order valence-corrected chi connectivity index (χ0v) is 14.2. The number of rotatable bonds is 6. The molecule has 1 amide bonds. The molecule has 0 bridgehead atoms. The monoisotopic (exact) mass is 300 g/mol. The summed E-state index contributed by atoms with van der Waals surface area (Å²) in [6, 6.07) is 0.693. The topological polar surface area (TPSA) is 70.8 Å². The number of carbonyl (C=O) groups excluding carboxylic acids is 1. The van der Waals surface area contributed by atoms with Crippen molar-refractivity contribution >= 4 is 6.09 Å². The molecule has 2 unspecified atom stereocenters. The molecule has 0 aromatic heterocycles. The van der Waals surface area contributed by atoms with E-state index in [-0.39, 0.29) is 12.1 Å².